The molecule has 0 fully saturated rings. The number of anilines is 2. The van der Waals surface area contributed by atoms with Crippen molar-refractivity contribution < 1.29 is 14.4 Å². The predicted molar refractivity (Wildman–Crippen MR) is 195 cm³/mol. The number of thiophene rings is 2. The van der Waals surface area contributed by atoms with Crippen molar-refractivity contribution in [2.24, 2.45) is 0 Å². The van der Waals surface area contributed by atoms with Crippen LogP contribution in [-0.2, 0) is 22.4 Å². The molecule has 3 aromatic carbocycles. The number of fused-ring (bicyclic) bond motifs is 1. The third-order valence-corrected chi connectivity index (χ3v) is 11.0. The number of benzene rings is 3. The van der Waals surface area contributed by atoms with Gasteiger partial charge in [-0.15, -0.1) is 23.1 Å². The van der Waals surface area contributed by atoms with Crippen LogP contribution in [0.25, 0.3) is 6.08 Å². The molecule has 10 heteroatoms. The van der Waals surface area contributed by atoms with Crippen LogP contribution in [0.4, 0.5) is 10.7 Å². The molecule has 2 atom stereocenters. The first-order chi connectivity index (χ1) is 23.4. The normalized spacial score (nSPS) is 14.7. The van der Waals surface area contributed by atoms with Gasteiger partial charge in [-0.3, -0.25) is 14.4 Å². The van der Waals surface area contributed by atoms with Crippen molar-refractivity contribution in [1.29, 1.82) is 5.26 Å². The third-order valence-electron chi connectivity index (χ3n) is 8.04. The Balaban J connectivity index is 1.11. The van der Waals surface area contributed by atoms with Crippen LogP contribution in [0.5, 0.6) is 0 Å². The van der Waals surface area contributed by atoms with E-state index in [1.165, 1.54) is 40.0 Å². The van der Waals surface area contributed by atoms with Gasteiger partial charge in [0.05, 0.1) is 10.8 Å². The van der Waals surface area contributed by atoms with Gasteiger partial charge in [0.25, 0.3) is 11.8 Å². The number of nitrogens with zero attached hydrogens (tertiary/aromatic N) is 1. The van der Waals surface area contributed by atoms with Crippen LogP contribution in [0, 0.1) is 11.3 Å². The lowest BCUT2D eigenvalue weighted by atomic mass is 9.83. The number of rotatable bonds is 10. The van der Waals surface area contributed by atoms with Crippen LogP contribution >= 0.6 is 34.4 Å². The summed E-state index contributed by atoms with van der Waals surface area (Å²) in [5.41, 5.74) is 4.79. The van der Waals surface area contributed by atoms with Crippen molar-refractivity contribution in [2.75, 3.05) is 10.6 Å². The highest BCUT2D eigenvalue weighted by molar-refractivity contribution is 8.00. The molecule has 2 unspecified atom stereocenters. The summed E-state index contributed by atoms with van der Waals surface area (Å²) in [6.07, 6.45) is 4.28. The van der Waals surface area contributed by atoms with Gasteiger partial charge in [0.15, 0.2) is 0 Å². The molecule has 0 aliphatic heterocycles. The molecular weight excluding hydrogens is 657 g/mol. The van der Waals surface area contributed by atoms with Gasteiger partial charge in [0.1, 0.15) is 16.8 Å². The van der Waals surface area contributed by atoms with Crippen molar-refractivity contribution in [3.05, 3.63) is 140 Å². The zero-order valence-corrected chi connectivity index (χ0v) is 28.5. The molecule has 2 aromatic heterocycles. The second-order valence-corrected chi connectivity index (χ2v) is 14.6. The van der Waals surface area contributed by atoms with Gasteiger partial charge in [-0.25, -0.2) is 0 Å². The number of carbonyl (C=O) groups is 3. The SMILES string of the molecule is CC(Sc1cccc(NC(=O)/C(=C/c2ccsc2)NC(=O)c2ccccc2)c1)C(=O)Nc1sc2c(c1C#N)CCC(c1ccccc1)C2. The van der Waals surface area contributed by atoms with E-state index in [1.807, 2.05) is 41.9 Å². The number of thioether (sulfide) groups is 1. The summed E-state index contributed by atoms with van der Waals surface area (Å²) in [6, 6.07) is 30.6. The van der Waals surface area contributed by atoms with E-state index < -0.39 is 17.1 Å². The number of hydrogen-bond donors (Lipinski definition) is 3. The molecular formula is C38H32N4O3S3. The van der Waals surface area contributed by atoms with Crippen LogP contribution in [0.3, 0.4) is 0 Å². The lowest BCUT2D eigenvalue weighted by Crippen LogP contribution is -2.30. The number of carbonyl (C=O) groups excluding carboxylic acids is 3. The molecule has 6 rings (SSSR count). The summed E-state index contributed by atoms with van der Waals surface area (Å²) < 4.78 is 0. The Bertz CT molecular complexity index is 2000. The number of hydrogen-bond acceptors (Lipinski definition) is 7. The number of nitrogens with one attached hydrogen (secondary N) is 3. The second-order valence-electron chi connectivity index (χ2n) is 11.3. The lowest BCUT2D eigenvalue weighted by Gasteiger charge is -2.22. The lowest BCUT2D eigenvalue weighted by molar-refractivity contribution is -0.115. The minimum Gasteiger partial charge on any atom is -0.321 e. The van der Waals surface area contributed by atoms with Gasteiger partial charge in [0, 0.05) is 21.0 Å². The Morgan fingerprint density at radius 2 is 1.75 bits per heavy atom. The van der Waals surface area contributed by atoms with Crippen LogP contribution in [0.15, 0.2) is 112 Å². The fraction of sp³-hybridized carbons (Fsp3) is 0.158. The molecule has 1 aliphatic carbocycles. The minimum absolute atomic E-state index is 0.107. The molecule has 1 aliphatic rings. The summed E-state index contributed by atoms with van der Waals surface area (Å²) >= 11 is 4.35. The van der Waals surface area contributed by atoms with Crippen molar-refractivity contribution in [3.8, 4) is 6.07 Å². The number of nitriles is 1. The standard InChI is InChI=1S/C38H32N4O3S3/c1-24(35(43)42-38-32(22-39)31-16-15-28(20-34(31)48-38)26-9-4-2-5-10-26)47-30-14-8-13-29(21-30)40-37(45)33(19-25-17-18-46-23-25)41-36(44)27-11-6-3-7-12-27/h2-14,17-19,21,23-24,28H,15-16,20H2,1H3,(H,40,45)(H,41,44)(H,42,43)/b33-19-. The van der Waals surface area contributed by atoms with Gasteiger partial charge in [-0.1, -0.05) is 54.6 Å². The van der Waals surface area contributed by atoms with E-state index in [9.17, 15) is 19.6 Å². The smallest absolute Gasteiger partial charge is 0.272 e. The summed E-state index contributed by atoms with van der Waals surface area (Å²) in [7, 11) is 0. The molecule has 0 radical (unpaired) electrons. The first-order valence-electron chi connectivity index (χ1n) is 15.5. The van der Waals surface area contributed by atoms with Crippen molar-refractivity contribution in [2.45, 2.75) is 42.2 Å². The minimum atomic E-state index is -0.474. The highest BCUT2D eigenvalue weighted by Crippen LogP contribution is 2.42. The summed E-state index contributed by atoms with van der Waals surface area (Å²) in [5, 5.41) is 22.6. The first-order valence-corrected chi connectivity index (χ1v) is 18.1. The molecule has 2 heterocycles. The zero-order chi connectivity index (χ0) is 33.5. The van der Waals surface area contributed by atoms with E-state index in [1.54, 1.807) is 48.5 Å². The molecule has 0 bridgehead atoms. The van der Waals surface area contributed by atoms with E-state index in [0.717, 1.165) is 40.2 Å². The quantitative estimate of drug-likeness (QED) is 0.101. The largest absolute Gasteiger partial charge is 0.321 e. The maximum Gasteiger partial charge on any atom is 0.272 e. The highest BCUT2D eigenvalue weighted by atomic mass is 32.2. The summed E-state index contributed by atoms with van der Waals surface area (Å²) in [6.45, 7) is 1.82. The zero-order valence-electron chi connectivity index (χ0n) is 26.1. The monoisotopic (exact) mass is 688 g/mol. The van der Waals surface area contributed by atoms with E-state index in [2.05, 4.69) is 46.3 Å². The molecule has 48 heavy (non-hydrogen) atoms. The Kier molecular flexibility index (Phi) is 10.5. The number of amides is 3. The van der Waals surface area contributed by atoms with Gasteiger partial charge in [-0.05, 0) is 102 Å². The van der Waals surface area contributed by atoms with Crippen LogP contribution in [-0.4, -0.2) is 23.0 Å². The average Bonchev–Trinajstić information content (AvgIpc) is 3.75. The van der Waals surface area contributed by atoms with E-state index >= 15 is 0 Å². The van der Waals surface area contributed by atoms with Gasteiger partial charge >= 0.3 is 0 Å². The van der Waals surface area contributed by atoms with E-state index in [0.29, 0.717) is 27.7 Å². The maximum absolute atomic E-state index is 13.4. The van der Waals surface area contributed by atoms with Crippen LogP contribution < -0.4 is 16.0 Å². The highest BCUT2D eigenvalue weighted by Gasteiger charge is 2.28. The predicted octanol–water partition coefficient (Wildman–Crippen LogP) is 8.48. The van der Waals surface area contributed by atoms with Gasteiger partial charge < -0.3 is 16.0 Å². The summed E-state index contributed by atoms with van der Waals surface area (Å²) in [4.78, 5) is 41.6. The second kappa shape index (κ2) is 15.3. The Morgan fingerprint density at radius 3 is 2.48 bits per heavy atom. The van der Waals surface area contributed by atoms with Crippen molar-refractivity contribution in [1.82, 2.24) is 5.32 Å². The Labute approximate surface area is 291 Å². The third kappa shape index (κ3) is 7.94. The van der Waals surface area contributed by atoms with E-state index in [4.69, 9.17) is 0 Å². The molecule has 0 saturated heterocycles. The van der Waals surface area contributed by atoms with E-state index in [-0.39, 0.29) is 11.6 Å². The average molecular weight is 689 g/mol. The molecule has 240 valence electrons. The van der Waals surface area contributed by atoms with Crippen LogP contribution in [0.2, 0.25) is 0 Å². The fourth-order valence-corrected chi connectivity index (χ4v) is 8.41. The fourth-order valence-electron chi connectivity index (χ4n) is 5.58. The topological polar surface area (TPSA) is 111 Å². The first kappa shape index (κ1) is 33.0. The molecule has 3 N–H and O–H groups in total. The Hall–Kier alpha value is -4.95. The molecule has 3 amide bonds. The van der Waals surface area contributed by atoms with Crippen LogP contribution in [0.1, 0.15) is 56.8 Å². The van der Waals surface area contributed by atoms with Gasteiger partial charge in [-0.2, -0.15) is 16.6 Å². The maximum atomic E-state index is 13.4. The molecule has 7 nitrogen and oxygen atoms in total. The van der Waals surface area contributed by atoms with Crippen molar-refractivity contribution >= 4 is 68.9 Å². The van der Waals surface area contributed by atoms with Gasteiger partial charge in [0.2, 0.25) is 5.91 Å². The molecule has 0 spiro atoms. The van der Waals surface area contributed by atoms with Crippen molar-refractivity contribution in [3.63, 3.8) is 0 Å². The molecule has 0 saturated carbocycles. The molecule has 5 aromatic rings. The Morgan fingerprint density at radius 1 is 0.979 bits per heavy atom. The summed E-state index contributed by atoms with van der Waals surface area (Å²) in [5.74, 6) is -0.664.